The first kappa shape index (κ1) is 16.0. The highest BCUT2D eigenvalue weighted by Gasteiger charge is 2.32. The normalized spacial score (nSPS) is 15.7. The lowest BCUT2D eigenvalue weighted by Crippen LogP contribution is -2.38. The van der Waals surface area contributed by atoms with Crippen LogP contribution in [0.5, 0.6) is 0 Å². The third-order valence-electron chi connectivity index (χ3n) is 4.51. The van der Waals surface area contributed by atoms with Crippen LogP contribution in [0.1, 0.15) is 29.8 Å². The molecule has 2 N–H and O–H groups in total. The maximum atomic E-state index is 12.8. The summed E-state index contributed by atoms with van der Waals surface area (Å²) >= 11 is 0. The molecule has 0 spiro atoms. The largest absolute Gasteiger partial charge is 0.396 e. The van der Waals surface area contributed by atoms with E-state index in [0.717, 1.165) is 23.7 Å². The predicted molar refractivity (Wildman–Crippen MR) is 89.5 cm³/mol. The van der Waals surface area contributed by atoms with Gasteiger partial charge in [-0.3, -0.25) is 4.79 Å². The summed E-state index contributed by atoms with van der Waals surface area (Å²) in [4.78, 5) is 12.8. The number of aliphatic hydroxyl groups is 1. The van der Waals surface area contributed by atoms with Crippen molar-refractivity contribution in [2.75, 3.05) is 20.3 Å². The zero-order chi connectivity index (χ0) is 16.2. The highest BCUT2D eigenvalue weighted by Crippen LogP contribution is 2.34. The van der Waals surface area contributed by atoms with Gasteiger partial charge in [0.15, 0.2) is 0 Å². The van der Waals surface area contributed by atoms with E-state index in [4.69, 9.17) is 4.74 Å². The summed E-state index contributed by atoms with van der Waals surface area (Å²) < 4.78 is 7.19. The van der Waals surface area contributed by atoms with Crippen LogP contribution in [0.2, 0.25) is 0 Å². The molecule has 0 radical (unpaired) electrons. The van der Waals surface area contributed by atoms with E-state index < -0.39 is 0 Å². The van der Waals surface area contributed by atoms with E-state index in [1.807, 2.05) is 34.9 Å². The number of carbonyl (C=O) groups excluding carboxylic acids is 1. The first-order valence-electron chi connectivity index (χ1n) is 8.23. The minimum Gasteiger partial charge on any atom is -0.396 e. The molecule has 1 aromatic heterocycles. The molecular weight excluding hydrogens is 292 g/mol. The van der Waals surface area contributed by atoms with Crippen molar-refractivity contribution < 1.29 is 14.6 Å². The van der Waals surface area contributed by atoms with Gasteiger partial charge in [0, 0.05) is 37.2 Å². The van der Waals surface area contributed by atoms with Crippen LogP contribution in [0, 0.1) is 5.92 Å². The van der Waals surface area contributed by atoms with Gasteiger partial charge in [0.1, 0.15) is 5.69 Å². The Bertz CT molecular complexity index is 676. The average Bonchev–Trinajstić information content (AvgIpc) is 3.34. The van der Waals surface area contributed by atoms with Crippen LogP contribution in [-0.4, -0.2) is 41.9 Å². The van der Waals surface area contributed by atoms with Crippen molar-refractivity contribution in [1.29, 1.82) is 0 Å². The molecule has 0 bridgehead atoms. The fourth-order valence-corrected chi connectivity index (χ4v) is 3.13. The van der Waals surface area contributed by atoms with Crippen molar-refractivity contribution in [2.24, 2.45) is 5.92 Å². The molecule has 0 aliphatic heterocycles. The van der Waals surface area contributed by atoms with Crippen LogP contribution in [0.15, 0.2) is 30.3 Å². The SMILES string of the molecule is COCCn1c(C(=O)NC(CCO)C2CC2)cc2ccccc21. The number of para-hydroxylation sites is 1. The Morgan fingerprint density at radius 1 is 1.43 bits per heavy atom. The minimum atomic E-state index is -0.0670. The summed E-state index contributed by atoms with van der Waals surface area (Å²) in [5.74, 6) is 0.450. The number of nitrogens with zero attached hydrogens (tertiary/aromatic N) is 1. The monoisotopic (exact) mass is 316 g/mol. The van der Waals surface area contributed by atoms with Crippen LogP contribution >= 0.6 is 0 Å². The lowest BCUT2D eigenvalue weighted by Gasteiger charge is -2.18. The molecule has 0 saturated heterocycles. The van der Waals surface area contributed by atoms with E-state index in [1.165, 1.54) is 0 Å². The molecule has 1 atom stereocenters. The fourth-order valence-electron chi connectivity index (χ4n) is 3.13. The number of ether oxygens (including phenoxy) is 1. The molecule has 1 amide bonds. The Labute approximate surface area is 136 Å². The second kappa shape index (κ2) is 7.15. The summed E-state index contributed by atoms with van der Waals surface area (Å²) in [7, 11) is 1.66. The Morgan fingerprint density at radius 3 is 2.91 bits per heavy atom. The molecule has 1 aliphatic rings. The van der Waals surface area contributed by atoms with E-state index in [9.17, 15) is 9.90 Å². The first-order chi connectivity index (χ1) is 11.2. The molecule has 23 heavy (non-hydrogen) atoms. The van der Waals surface area contributed by atoms with E-state index in [-0.39, 0.29) is 18.6 Å². The number of hydrogen-bond acceptors (Lipinski definition) is 3. The van der Waals surface area contributed by atoms with Crippen LogP contribution in [0.25, 0.3) is 10.9 Å². The van der Waals surface area contributed by atoms with E-state index >= 15 is 0 Å². The van der Waals surface area contributed by atoms with Gasteiger partial charge in [-0.05, 0) is 37.3 Å². The minimum absolute atomic E-state index is 0.0670. The first-order valence-corrected chi connectivity index (χ1v) is 8.23. The number of aromatic nitrogens is 1. The molecule has 1 saturated carbocycles. The number of fused-ring (bicyclic) bond motifs is 1. The highest BCUT2D eigenvalue weighted by molar-refractivity contribution is 5.98. The van der Waals surface area contributed by atoms with Crippen molar-refractivity contribution in [3.05, 3.63) is 36.0 Å². The summed E-state index contributed by atoms with van der Waals surface area (Å²) in [5, 5.41) is 13.4. The van der Waals surface area contributed by atoms with Crippen LogP contribution < -0.4 is 5.32 Å². The molecule has 124 valence electrons. The van der Waals surface area contributed by atoms with Gasteiger partial charge in [-0.2, -0.15) is 0 Å². The molecule has 1 unspecified atom stereocenters. The van der Waals surface area contributed by atoms with Gasteiger partial charge in [-0.1, -0.05) is 18.2 Å². The van der Waals surface area contributed by atoms with Crippen LogP contribution in [-0.2, 0) is 11.3 Å². The number of benzene rings is 1. The number of carbonyl (C=O) groups is 1. The van der Waals surface area contributed by atoms with Gasteiger partial charge < -0.3 is 19.7 Å². The quantitative estimate of drug-likeness (QED) is 0.784. The smallest absolute Gasteiger partial charge is 0.268 e. The molecular formula is C18H24N2O3. The van der Waals surface area contributed by atoms with Gasteiger partial charge >= 0.3 is 0 Å². The number of methoxy groups -OCH3 is 1. The third kappa shape index (κ3) is 3.57. The molecule has 3 rings (SSSR count). The Hall–Kier alpha value is -1.85. The van der Waals surface area contributed by atoms with Gasteiger partial charge in [-0.25, -0.2) is 0 Å². The Balaban J connectivity index is 1.86. The number of aliphatic hydroxyl groups excluding tert-OH is 1. The van der Waals surface area contributed by atoms with Gasteiger partial charge in [0.05, 0.1) is 6.61 Å². The number of nitrogens with one attached hydrogen (secondary N) is 1. The second-order valence-corrected chi connectivity index (χ2v) is 6.16. The Kier molecular flexibility index (Phi) is 4.98. The summed E-state index contributed by atoms with van der Waals surface area (Å²) in [6, 6.07) is 10.00. The second-order valence-electron chi connectivity index (χ2n) is 6.16. The highest BCUT2D eigenvalue weighted by atomic mass is 16.5. The third-order valence-corrected chi connectivity index (χ3v) is 4.51. The average molecular weight is 316 g/mol. The van der Waals surface area contributed by atoms with Gasteiger partial charge in [-0.15, -0.1) is 0 Å². The molecule has 5 heteroatoms. The number of hydrogen-bond donors (Lipinski definition) is 2. The molecule has 1 fully saturated rings. The maximum absolute atomic E-state index is 12.8. The molecule has 1 aromatic carbocycles. The molecule has 5 nitrogen and oxygen atoms in total. The lowest BCUT2D eigenvalue weighted by atomic mass is 10.1. The standard InChI is InChI=1S/C18H24N2O3/c1-23-11-9-20-16-5-3-2-4-14(16)12-17(20)18(22)19-15(8-10-21)13-6-7-13/h2-5,12-13,15,21H,6-11H2,1H3,(H,19,22). The lowest BCUT2D eigenvalue weighted by molar-refractivity contribution is 0.0912. The van der Waals surface area contributed by atoms with Gasteiger partial charge in [0.2, 0.25) is 0 Å². The zero-order valence-corrected chi connectivity index (χ0v) is 13.5. The number of rotatable bonds is 8. The fraction of sp³-hybridized carbons (Fsp3) is 0.500. The van der Waals surface area contributed by atoms with E-state index in [0.29, 0.717) is 31.2 Å². The number of amides is 1. The summed E-state index contributed by atoms with van der Waals surface area (Å²) in [5.41, 5.74) is 1.70. The van der Waals surface area contributed by atoms with Crippen molar-refractivity contribution in [3.8, 4) is 0 Å². The van der Waals surface area contributed by atoms with E-state index in [2.05, 4.69) is 5.32 Å². The molecule has 1 heterocycles. The molecule has 2 aromatic rings. The van der Waals surface area contributed by atoms with Crippen molar-refractivity contribution in [2.45, 2.75) is 31.8 Å². The van der Waals surface area contributed by atoms with E-state index in [1.54, 1.807) is 7.11 Å². The zero-order valence-electron chi connectivity index (χ0n) is 13.5. The maximum Gasteiger partial charge on any atom is 0.268 e. The van der Waals surface area contributed by atoms with Crippen molar-refractivity contribution in [1.82, 2.24) is 9.88 Å². The van der Waals surface area contributed by atoms with Gasteiger partial charge in [0.25, 0.3) is 5.91 Å². The van der Waals surface area contributed by atoms with Crippen molar-refractivity contribution >= 4 is 16.8 Å². The van der Waals surface area contributed by atoms with Crippen LogP contribution in [0.4, 0.5) is 0 Å². The topological polar surface area (TPSA) is 63.5 Å². The Morgan fingerprint density at radius 2 is 2.22 bits per heavy atom. The summed E-state index contributed by atoms with van der Waals surface area (Å²) in [6.07, 6.45) is 2.89. The van der Waals surface area contributed by atoms with Crippen molar-refractivity contribution in [3.63, 3.8) is 0 Å². The summed E-state index contributed by atoms with van der Waals surface area (Å²) in [6.45, 7) is 1.30. The molecule has 1 aliphatic carbocycles. The van der Waals surface area contributed by atoms with Crippen LogP contribution in [0.3, 0.4) is 0 Å². The predicted octanol–water partition coefficient (Wildman–Crippen LogP) is 2.18.